The van der Waals surface area contributed by atoms with Crippen molar-refractivity contribution in [3.8, 4) is 5.75 Å². The number of rotatable bonds is 13. The summed E-state index contributed by atoms with van der Waals surface area (Å²) in [6.45, 7) is -0.538. The Balaban J connectivity index is 1.57. The van der Waals surface area contributed by atoms with Crippen molar-refractivity contribution in [3.63, 3.8) is 0 Å². The van der Waals surface area contributed by atoms with Crippen molar-refractivity contribution in [2.45, 2.75) is 55.6 Å². The van der Waals surface area contributed by atoms with Gasteiger partial charge in [-0.2, -0.15) is 0 Å². The SMILES string of the molecule is COc1ccc(N(CC(=O)N(Cc2ccc(Cl)cc2)[C@@H](Cc2ccccc2)C(=O)NC2CCCC2)S(=O)(=O)c2ccccc2)cc1Cl. The van der Waals surface area contributed by atoms with Crippen LogP contribution in [-0.4, -0.2) is 50.9 Å². The van der Waals surface area contributed by atoms with Gasteiger partial charge in [0.25, 0.3) is 10.0 Å². The predicted molar refractivity (Wildman–Crippen MR) is 185 cm³/mol. The molecule has 1 saturated carbocycles. The molecule has 47 heavy (non-hydrogen) atoms. The number of ether oxygens (including phenoxy) is 1. The lowest BCUT2D eigenvalue weighted by atomic mass is 10.0. The summed E-state index contributed by atoms with van der Waals surface area (Å²) in [5.74, 6) is -0.489. The van der Waals surface area contributed by atoms with Gasteiger partial charge >= 0.3 is 0 Å². The van der Waals surface area contributed by atoms with Gasteiger partial charge in [0, 0.05) is 24.0 Å². The molecular formula is C36H37Cl2N3O5S. The maximum atomic E-state index is 14.6. The van der Waals surface area contributed by atoms with Crippen LogP contribution in [0.5, 0.6) is 5.75 Å². The summed E-state index contributed by atoms with van der Waals surface area (Å²) in [5.41, 5.74) is 1.78. The largest absolute Gasteiger partial charge is 0.495 e. The van der Waals surface area contributed by atoms with Gasteiger partial charge in [0.1, 0.15) is 18.3 Å². The summed E-state index contributed by atoms with van der Waals surface area (Å²) in [6, 6.07) is 28.0. The zero-order chi connectivity index (χ0) is 33.4. The number of hydrogen-bond acceptors (Lipinski definition) is 5. The van der Waals surface area contributed by atoms with Gasteiger partial charge in [-0.05, 0) is 66.4 Å². The number of carbonyl (C=O) groups is 2. The first-order chi connectivity index (χ1) is 22.7. The van der Waals surface area contributed by atoms with E-state index < -0.39 is 28.5 Å². The summed E-state index contributed by atoms with van der Waals surface area (Å²) in [4.78, 5) is 30.2. The van der Waals surface area contributed by atoms with Crippen molar-refractivity contribution in [2.24, 2.45) is 0 Å². The molecule has 0 heterocycles. The zero-order valence-electron chi connectivity index (χ0n) is 26.0. The molecule has 0 radical (unpaired) electrons. The van der Waals surface area contributed by atoms with E-state index in [-0.39, 0.29) is 40.5 Å². The number of carbonyl (C=O) groups excluding carboxylic acids is 2. The van der Waals surface area contributed by atoms with Gasteiger partial charge in [-0.1, -0.05) is 96.7 Å². The van der Waals surface area contributed by atoms with E-state index in [0.29, 0.717) is 10.8 Å². The Labute approximate surface area is 286 Å². The smallest absolute Gasteiger partial charge is 0.264 e. The fourth-order valence-corrected chi connectivity index (χ4v) is 7.57. The molecule has 0 bridgehead atoms. The Kier molecular flexibility index (Phi) is 11.4. The first-order valence-electron chi connectivity index (χ1n) is 15.5. The topological polar surface area (TPSA) is 96.0 Å². The van der Waals surface area contributed by atoms with Gasteiger partial charge in [0.2, 0.25) is 11.8 Å². The first kappa shape index (κ1) is 34.3. The Morgan fingerprint density at radius 3 is 2.13 bits per heavy atom. The first-order valence-corrected chi connectivity index (χ1v) is 17.6. The summed E-state index contributed by atoms with van der Waals surface area (Å²) in [6.07, 6.45) is 4.03. The Bertz CT molecular complexity index is 1770. The molecule has 0 aliphatic heterocycles. The van der Waals surface area contributed by atoms with Gasteiger partial charge in [0.15, 0.2) is 0 Å². The lowest BCUT2D eigenvalue weighted by Gasteiger charge is -2.34. The molecule has 0 aromatic heterocycles. The van der Waals surface area contributed by atoms with E-state index in [1.807, 2.05) is 30.3 Å². The van der Waals surface area contributed by atoms with E-state index in [1.165, 1.54) is 36.3 Å². The van der Waals surface area contributed by atoms with Crippen LogP contribution >= 0.6 is 23.2 Å². The van der Waals surface area contributed by atoms with Gasteiger partial charge in [-0.3, -0.25) is 13.9 Å². The van der Waals surface area contributed by atoms with E-state index in [1.54, 1.807) is 48.5 Å². The van der Waals surface area contributed by atoms with Crippen LogP contribution in [0.15, 0.2) is 108 Å². The number of amides is 2. The summed E-state index contributed by atoms with van der Waals surface area (Å²) in [5, 5.41) is 3.89. The van der Waals surface area contributed by atoms with Gasteiger partial charge in [0.05, 0.1) is 22.7 Å². The maximum absolute atomic E-state index is 14.6. The molecule has 1 fully saturated rings. The van der Waals surface area contributed by atoms with E-state index in [0.717, 1.165) is 41.1 Å². The number of nitrogens with one attached hydrogen (secondary N) is 1. The van der Waals surface area contributed by atoms with Gasteiger partial charge in [-0.25, -0.2) is 8.42 Å². The summed E-state index contributed by atoms with van der Waals surface area (Å²) in [7, 11) is -2.79. The molecule has 11 heteroatoms. The average Bonchev–Trinajstić information content (AvgIpc) is 3.59. The van der Waals surface area contributed by atoms with Crippen LogP contribution in [-0.2, 0) is 32.6 Å². The van der Waals surface area contributed by atoms with Crippen LogP contribution < -0.4 is 14.4 Å². The monoisotopic (exact) mass is 693 g/mol. The third-order valence-electron chi connectivity index (χ3n) is 8.27. The molecule has 0 spiro atoms. The summed E-state index contributed by atoms with van der Waals surface area (Å²) >= 11 is 12.6. The predicted octanol–water partition coefficient (Wildman–Crippen LogP) is 6.90. The third kappa shape index (κ3) is 8.66. The number of anilines is 1. The second-order valence-electron chi connectivity index (χ2n) is 11.5. The van der Waals surface area contributed by atoms with Crippen LogP contribution in [0.4, 0.5) is 5.69 Å². The normalized spacial score (nSPS) is 13.9. The van der Waals surface area contributed by atoms with Crippen molar-refractivity contribution in [1.82, 2.24) is 10.2 Å². The highest BCUT2D eigenvalue weighted by molar-refractivity contribution is 7.92. The highest BCUT2D eigenvalue weighted by Crippen LogP contribution is 2.32. The standard InChI is InChI=1S/C36H37Cl2N3O5S/c1-46-34-21-20-30(23-32(34)38)41(47(44,45)31-14-6-3-7-15-31)25-35(42)40(24-27-16-18-28(37)19-17-27)33(22-26-10-4-2-5-11-26)36(43)39-29-12-8-9-13-29/h2-7,10-11,14-21,23,29,33H,8-9,12-13,22,24-25H2,1H3,(H,39,43)/t33-/m0/s1. The molecule has 1 aliphatic carbocycles. The number of sulfonamides is 1. The van der Waals surface area contributed by atoms with E-state index in [9.17, 15) is 18.0 Å². The molecule has 2 amide bonds. The minimum Gasteiger partial charge on any atom is -0.495 e. The molecule has 4 aromatic carbocycles. The second-order valence-corrected chi connectivity index (χ2v) is 14.2. The Morgan fingerprint density at radius 2 is 1.51 bits per heavy atom. The van der Waals surface area contributed by atoms with E-state index in [4.69, 9.17) is 27.9 Å². The Hall–Kier alpha value is -4.05. The van der Waals surface area contributed by atoms with Crippen molar-refractivity contribution in [2.75, 3.05) is 18.0 Å². The minimum atomic E-state index is -4.25. The molecular weight excluding hydrogens is 657 g/mol. The molecule has 1 aliphatic rings. The number of benzene rings is 4. The highest BCUT2D eigenvalue weighted by Gasteiger charge is 2.35. The number of hydrogen-bond donors (Lipinski definition) is 1. The molecule has 0 saturated heterocycles. The van der Waals surface area contributed by atoms with Crippen molar-refractivity contribution < 1.29 is 22.7 Å². The van der Waals surface area contributed by atoms with Crippen molar-refractivity contribution in [3.05, 3.63) is 124 Å². The second kappa shape index (κ2) is 15.7. The Morgan fingerprint density at radius 1 is 0.872 bits per heavy atom. The van der Waals surface area contributed by atoms with Gasteiger partial charge in [-0.15, -0.1) is 0 Å². The zero-order valence-corrected chi connectivity index (χ0v) is 28.3. The van der Waals surface area contributed by atoms with Crippen LogP contribution in [0.2, 0.25) is 10.0 Å². The molecule has 4 aromatic rings. The fraction of sp³-hybridized carbons (Fsp3) is 0.278. The molecule has 8 nitrogen and oxygen atoms in total. The number of methoxy groups -OCH3 is 1. The quantitative estimate of drug-likeness (QED) is 0.164. The molecule has 1 atom stereocenters. The van der Waals surface area contributed by atoms with Crippen molar-refractivity contribution >= 4 is 50.7 Å². The average molecular weight is 695 g/mol. The summed E-state index contributed by atoms with van der Waals surface area (Å²) < 4.78 is 34.6. The molecule has 0 unspecified atom stereocenters. The van der Waals surface area contributed by atoms with Crippen LogP contribution in [0, 0.1) is 0 Å². The molecule has 5 rings (SSSR count). The fourth-order valence-electron chi connectivity index (χ4n) is 5.77. The van der Waals surface area contributed by atoms with Crippen LogP contribution in [0.1, 0.15) is 36.8 Å². The minimum absolute atomic E-state index is 0.00352. The lowest BCUT2D eigenvalue weighted by Crippen LogP contribution is -2.54. The van der Waals surface area contributed by atoms with E-state index in [2.05, 4.69) is 5.32 Å². The molecule has 1 N–H and O–H groups in total. The number of nitrogens with zero attached hydrogens (tertiary/aromatic N) is 2. The maximum Gasteiger partial charge on any atom is 0.264 e. The van der Waals surface area contributed by atoms with Crippen LogP contribution in [0.3, 0.4) is 0 Å². The van der Waals surface area contributed by atoms with Crippen LogP contribution in [0.25, 0.3) is 0 Å². The lowest BCUT2D eigenvalue weighted by molar-refractivity contribution is -0.140. The third-order valence-corrected chi connectivity index (χ3v) is 10.6. The highest BCUT2D eigenvalue weighted by atomic mass is 35.5. The van der Waals surface area contributed by atoms with Gasteiger partial charge < -0.3 is 15.0 Å². The van der Waals surface area contributed by atoms with E-state index >= 15 is 0 Å². The van der Waals surface area contributed by atoms with Crippen molar-refractivity contribution in [1.29, 1.82) is 0 Å². The number of halogens is 2. The molecule has 246 valence electrons.